The highest BCUT2D eigenvalue weighted by Gasteiger charge is 2.24. The van der Waals surface area contributed by atoms with E-state index in [9.17, 15) is 5.11 Å². The fourth-order valence-electron chi connectivity index (χ4n) is 2.34. The zero-order valence-corrected chi connectivity index (χ0v) is 11.1. The lowest BCUT2D eigenvalue weighted by molar-refractivity contribution is 0.138. The van der Waals surface area contributed by atoms with Gasteiger partial charge in [0.2, 0.25) is 0 Å². The Morgan fingerprint density at radius 3 is 2.75 bits per heavy atom. The van der Waals surface area contributed by atoms with E-state index in [0.29, 0.717) is 6.04 Å². The van der Waals surface area contributed by atoms with Crippen molar-refractivity contribution >= 4 is 0 Å². The second-order valence-electron chi connectivity index (χ2n) is 5.45. The van der Waals surface area contributed by atoms with Crippen LogP contribution in [0.5, 0.6) is 0 Å². The molecule has 96 valence electrons. The summed E-state index contributed by atoms with van der Waals surface area (Å²) in [5, 5.41) is 12.6. The Kier molecular flexibility index (Phi) is 5.73. The molecule has 0 saturated carbocycles. The van der Waals surface area contributed by atoms with Crippen molar-refractivity contribution in [2.24, 2.45) is 0 Å². The van der Waals surface area contributed by atoms with Crippen LogP contribution in [0, 0.1) is 0 Å². The van der Waals surface area contributed by atoms with Gasteiger partial charge in [-0.15, -0.1) is 0 Å². The van der Waals surface area contributed by atoms with Gasteiger partial charge in [-0.1, -0.05) is 12.8 Å². The van der Waals surface area contributed by atoms with Crippen LogP contribution in [0.4, 0.5) is 0 Å². The topological polar surface area (TPSA) is 35.5 Å². The summed E-state index contributed by atoms with van der Waals surface area (Å²) in [6, 6.07) is 0.710. The van der Waals surface area contributed by atoms with Gasteiger partial charge in [-0.05, 0) is 46.7 Å². The van der Waals surface area contributed by atoms with Gasteiger partial charge in [0, 0.05) is 18.1 Å². The van der Waals surface area contributed by atoms with Crippen LogP contribution < -0.4 is 5.32 Å². The van der Waals surface area contributed by atoms with Crippen molar-refractivity contribution in [2.45, 2.75) is 57.5 Å². The minimum absolute atomic E-state index is 0.119. The van der Waals surface area contributed by atoms with Crippen molar-refractivity contribution in [1.29, 1.82) is 0 Å². The molecule has 1 rings (SSSR count). The summed E-state index contributed by atoms with van der Waals surface area (Å²) in [6.45, 7) is 6.97. The fourth-order valence-corrected chi connectivity index (χ4v) is 2.34. The molecule has 1 heterocycles. The van der Waals surface area contributed by atoms with E-state index in [2.05, 4.69) is 24.1 Å². The van der Waals surface area contributed by atoms with Gasteiger partial charge in [0.05, 0.1) is 6.61 Å². The summed E-state index contributed by atoms with van der Waals surface area (Å²) in [6.07, 6.45) is 6.44. The van der Waals surface area contributed by atoms with Crippen LogP contribution in [0.1, 0.15) is 46.0 Å². The molecule has 1 aliphatic rings. The molecule has 0 aromatic rings. The molecular formula is C13H28N2O. The van der Waals surface area contributed by atoms with E-state index < -0.39 is 0 Å². The molecule has 0 aromatic carbocycles. The van der Waals surface area contributed by atoms with Crippen LogP contribution in [0.25, 0.3) is 0 Å². The van der Waals surface area contributed by atoms with Gasteiger partial charge >= 0.3 is 0 Å². The number of nitrogens with one attached hydrogen (secondary N) is 1. The first kappa shape index (κ1) is 13.9. The van der Waals surface area contributed by atoms with Crippen molar-refractivity contribution in [3.63, 3.8) is 0 Å². The Hall–Kier alpha value is -0.120. The molecule has 1 fully saturated rings. The lowest BCUT2D eigenvalue weighted by Gasteiger charge is -2.33. The monoisotopic (exact) mass is 228 g/mol. The molecule has 0 aliphatic carbocycles. The molecule has 0 spiro atoms. The number of rotatable bonds is 5. The molecule has 3 heteroatoms. The van der Waals surface area contributed by atoms with Crippen LogP contribution in [-0.4, -0.2) is 48.3 Å². The second-order valence-corrected chi connectivity index (χ2v) is 5.45. The molecule has 16 heavy (non-hydrogen) atoms. The van der Waals surface area contributed by atoms with Crippen LogP contribution in [0.15, 0.2) is 0 Å². The second kappa shape index (κ2) is 6.58. The molecule has 2 atom stereocenters. The standard InChI is InChI=1S/C13H28N2O/c1-12-7-5-4-6-9-15(12)10-8-13(2,11-16)14-3/h12,14,16H,4-11H2,1-3H3. The van der Waals surface area contributed by atoms with Crippen LogP contribution in [-0.2, 0) is 0 Å². The largest absolute Gasteiger partial charge is 0.394 e. The quantitative estimate of drug-likeness (QED) is 0.750. The first-order chi connectivity index (χ1) is 7.61. The van der Waals surface area contributed by atoms with Crippen molar-refractivity contribution in [2.75, 3.05) is 26.7 Å². The van der Waals surface area contributed by atoms with Crippen molar-refractivity contribution in [3.05, 3.63) is 0 Å². The molecule has 1 saturated heterocycles. The third-order valence-corrected chi connectivity index (χ3v) is 4.09. The summed E-state index contributed by atoms with van der Waals surface area (Å²) in [5.41, 5.74) is -0.119. The lowest BCUT2D eigenvalue weighted by Crippen LogP contribution is -2.47. The number of hydrogen-bond acceptors (Lipinski definition) is 3. The first-order valence-electron chi connectivity index (χ1n) is 6.65. The highest BCUT2D eigenvalue weighted by Crippen LogP contribution is 2.18. The maximum absolute atomic E-state index is 9.36. The molecule has 2 unspecified atom stereocenters. The predicted molar refractivity (Wildman–Crippen MR) is 68.7 cm³/mol. The lowest BCUT2D eigenvalue weighted by atomic mass is 9.98. The highest BCUT2D eigenvalue weighted by molar-refractivity contribution is 4.83. The van der Waals surface area contributed by atoms with E-state index in [1.165, 1.54) is 32.2 Å². The predicted octanol–water partition coefficient (Wildman–Crippen LogP) is 1.61. The Labute approximate surface area is 100 Å². The van der Waals surface area contributed by atoms with E-state index >= 15 is 0 Å². The number of nitrogens with zero attached hydrogens (tertiary/aromatic N) is 1. The normalized spacial score (nSPS) is 27.4. The summed E-state index contributed by atoms with van der Waals surface area (Å²) in [4.78, 5) is 2.58. The number of likely N-dealkylation sites (tertiary alicyclic amines) is 1. The Morgan fingerprint density at radius 2 is 2.12 bits per heavy atom. The maximum Gasteiger partial charge on any atom is 0.0610 e. The van der Waals surface area contributed by atoms with Gasteiger partial charge in [0.25, 0.3) is 0 Å². The maximum atomic E-state index is 9.36. The number of likely N-dealkylation sites (N-methyl/N-ethyl adjacent to an activating group) is 1. The Bertz CT molecular complexity index is 192. The summed E-state index contributed by atoms with van der Waals surface area (Å²) in [7, 11) is 1.93. The van der Waals surface area contributed by atoms with Crippen LogP contribution in [0.2, 0.25) is 0 Å². The number of aliphatic hydroxyl groups excluding tert-OH is 1. The van der Waals surface area contributed by atoms with Gasteiger partial charge in [-0.25, -0.2) is 0 Å². The van der Waals surface area contributed by atoms with E-state index in [1.54, 1.807) is 0 Å². The molecule has 0 aromatic heterocycles. The SMILES string of the molecule is CNC(C)(CO)CCN1CCCCCC1C. The smallest absolute Gasteiger partial charge is 0.0610 e. The minimum Gasteiger partial charge on any atom is -0.394 e. The fraction of sp³-hybridized carbons (Fsp3) is 1.00. The molecule has 0 bridgehead atoms. The third kappa shape index (κ3) is 4.04. The number of hydrogen-bond donors (Lipinski definition) is 2. The molecule has 0 radical (unpaired) electrons. The molecule has 2 N–H and O–H groups in total. The summed E-state index contributed by atoms with van der Waals surface area (Å²) >= 11 is 0. The Balaban J connectivity index is 2.40. The summed E-state index contributed by atoms with van der Waals surface area (Å²) in [5.74, 6) is 0. The molecule has 3 nitrogen and oxygen atoms in total. The zero-order chi connectivity index (χ0) is 12.0. The van der Waals surface area contributed by atoms with Gasteiger partial charge in [0.1, 0.15) is 0 Å². The van der Waals surface area contributed by atoms with Gasteiger partial charge in [0.15, 0.2) is 0 Å². The van der Waals surface area contributed by atoms with Gasteiger partial charge in [-0.2, -0.15) is 0 Å². The summed E-state index contributed by atoms with van der Waals surface area (Å²) < 4.78 is 0. The average molecular weight is 228 g/mol. The zero-order valence-electron chi connectivity index (χ0n) is 11.1. The molecule has 0 amide bonds. The van der Waals surface area contributed by atoms with E-state index in [0.717, 1.165) is 13.0 Å². The third-order valence-electron chi connectivity index (χ3n) is 4.09. The molecule has 1 aliphatic heterocycles. The minimum atomic E-state index is -0.119. The molecular weight excluding hydrogens is 200 g/mol. The van der Waals surface area contributed by atoms with Crippen molar-refractivity contribution in [1.82, 2.24) is 10.2 Å². The highest BCUT2D eigenvalue weighted by atomic mass is 16.3. The Morgan fingerprint density at radius 1 is 1.38 bits per heavy atom. The van der Waals surface area contributed by atoms with Crippen LogP contribution in [0.3, 0.4) is 0 Å². The van der Waals surface area contributed by atoms with E-state index in [4.69, 9.17) is 0 Å². The van der Waals surface area contributed by atoms with Gasteiger partial charge in [-0.3, -0.25) is 0 Å². The van der Waals surface area contributed by atoms with Crippen molar-refractivity contribution < 1.29 is 5.11 Å². The van der Waals surface area contributed by atoms with E-state index in [1.807, 2.05) is 7.05 Å². The van der Waals surface area contributed by atoms with Crippen LogP contribution >= 0.6 is 0 Å². The average Bonchev–Trinajstić information content (AvgIpc) is 2.51. The van der Waals surface area contributed by atoms with Crippen molar-refractivity contribution in [3.8, 4) is 0 Å². The number of aliphatic hydroxyl groups is 1. The van der Waals surface area contributed by atoms with Gasteiger partial charge < -0.3 is 15.3 Å². The first-order valence-corrected chi connectivity index (χ1v) is 6.65. The van der Waals surface area contributed by atoms with E-state index in [-0.39, 0.29) is 12.1 Å².